The Kier molecular flexibility index (Phi) is 7.09. The minimum absolute atomic E-state index is 0.0107. The van der Waals surface area contributed by atoms with E-state index in [4.69, 9.17) is 4.74 Å². The minimum atomic E-state index is -0.0107. The molecule has 0 radical (unpaired) electrons. The lowest BCUT2D eigenvalue weighted by atomic mass is 10.0. The van der Waals surface area contributed by atoms with E-state index in [-0.39, 0.29) is 12.1 Å². The molecule has 1 aliphatic heterocycles. The number of ether oxygens (including phenoxy) is 1. The Morgan fingerprint density at radius 2 is 2.33 bits per heavy atom. The number of rotatable bonds is 7. The zero-order valence-corrected chi connectivity index (χ0v) is 15.0. The summed E-state index contributed by atoms with van der Waals surface area (Å²) in [5.74, 6) is 1.47. The highest BCUT2D eigenvalue weighted by Crippen LogP contribution is 2.19. The molecule has 1 N–H and O–H groups in total. The lowest BCUT2D eigenvalue weighted by Crippen LogP contribution is -2.39. The second-order valence-electron chi connectivity index (χ2n) is 6.42. The van der Waals surface area contributed by atoms with Crippen LogP contribution in [0.1, 0.15) is 45.6 Å². The standard InChI is InChI=1S/C19H29N3O2/c1-4-15(3)7-6-8-16-11-18(13-20-12-16)24-17-9-10-22(14-17)19(23)21-5-2/h6,8,11-13,15,17H,4-5,7,9-10,14H2,1-3H3,(H,21,23)/b8-6+/t15-,17-/m1/s1. The van der Waals surface area contributed by atoms with E-state index in [0.29, 0.717) is 19.0 Å². The summed E-state index contributed by atoms with van der Waals surface area (Å²) in [6.07, 6.45) is 11.0. The number of urea groups is 1. The molecule has 5 heteroatoms. The molecule has 0 spiro atoms. The molecule has 0 bridgehead atoms. The fourth-order valence-electron chi connectivity index (χ4n) is 2.66. The lowest BCUT2D eigenvalue weighted by molar-refractivity contribution is 0.187. The molecule has 1 aliphatic rings. The molecular formula is C19H29N3O2. The van der Waals surface area contributed by atoms with Crippen LogP contribution in [-0.4, -0.2) is 41.7 Å². The van der Waals surface area contributed by atoms with Gasteiger partial charge in [-0.3, -0.25) is 4.98 Å². The number of nitrogens with zero attached hydrogens (tertiary/aromatic N) is 2. The van der Waals surface area contributed by atoms with Crippen LogP contribution in [0.3, 0.4) is 0 Å². The monoisotopic (exact) mass is 331 g/mol. The summed E-state index contributed by atoms with van der Waals surface area (Å²) >= 11 is 0. The number of amides is 2. The Morgan fingerprint density at radius 1 is 1.50 bits per heavy atom. The topological polar surface area (TPSA) is 54.5 Å². The number of likely N-dealkylation sites (tertiary alicyclic amines) is 1. The fraction of sp³-hybridized carbons (Fsp3) is 0.579. The van der Waals surface area contributed by atoms with Crippen molar-refractivity contribution in [3.63, 3.8) is 0 Å². The summed E-state index contributed by atoms with van der Waals surface area (Å²) in [5.41, 5.74) is 1.05. The van der Waals surface area contributed by atoms with Gasteiger partial charge in [0.1, 0.15) is 11.9 Å². The van der Waals surface area contributed by atoms with E-state index in [2.05, 4.69) is 36.3 Å². The number of allylic oxidation sites excluding steroid dienone is 1. The third-order valence-corrected chi connectivity index (χ3v) is 4.34. The van der Waals surface area contributed by atoms with Crippen molar-refractivity contribution >= 4 is 12.1 Å². The van der Waals surface area contributed by atoms with Gasteiger partial charge in [-0.1, -0.05) is 32.4 Å². The van der Waals surface area contributed by atoms with Crippen LogP contribution in [0.5, 0.6) is 5.75 Å². The molecule has 0 saturated carbocycles. The first-order valence-electron chi connectivity index (χ1n) is 8.93. The minimum Gasteiger partial charge on any atom is -0.487 e. The number of hydrogen-bond acceptors (Lipinski definition) is 3. The van der Waals surface area contributed by atoms with Crippen molar-refractivity contribution in [2.24, 2.45) is 5.92 Å². The Labute approximate surface area is 145 Å². The van der Waals surface area contributed by atoms with Gasteiger partial charge in [-0.25, -0.2) is 4.79 Å². The van der Waals surface area contributed by atoms with Crippen LogP contribution in [0.4, 0.5) is 4.79 Å². The summed E-state index contributed by atoms with van der Waals surface area (Å²) in [6, 6.07) is 2.00. The first-order chi connectivity index (χ1) is 11.6. The zero-order valence-electron chi connectivity index (χ0n) is 15.0. The maximum absolute atomic E-state index is 11.8. The van der Waals surface area contributed by atoms with Crippen molar-refractivity contribution in [2.75, 3.05) is 19.6 Å². The molecule has 1 aromatic heterocycles. The van der Waals surface area contributed by atoms with Crippen LogP contribution in [0.2, 0.25) is 0 Å². The van der Waals surface area contributed by atoms with Gasteiger partial charge in [0.25, 0.3) is 0 Å². The summed E-state index contributed by atoms with van der Waals surface area (Å²) in [7, 11) is 0. The predicted molar refractivity (Wildman–Crippen MR) is 97.0 cm³/mol. The SMILES string of the molecule is CCNC(=O)N1CC[C@@H](Oc2cncc(/C=C/C[C@H](C)CC)c2)C1. The Bertz CT molecular complexity index is 559. The van der Waals surface area contributed by atoms with E-state index in [9.17, 15) is 4.79 Å². The smallest absolute Gasteiger partial charge is 0.317 e. The zero-order chi connectivity index (χ0) is 17.4. The third-order valence-electron chi connectivity index (χ3n) is 4.34. The normalized spacial score (nSPS) is 18.8. The average Bonchev–Trinajstić information content (AvgIpc) is 3.04. The number of carbonyl (C=O) groups excluding carboxylic acids is 1. The van der Waals surface area contributed by atoms with Crippen molar-refractivity contribution < 1.29 is 9.53 Å². The van der Waals surface area contributed by atoms with Crippen molar-refractivity contribution in [1.29, 1.82) is 0 Å². The molecule has 1 aromatic rings. The molecule has 2 atom stereocenters. The van der Waals surface area contributed by atoms with Gasteiger partial charge in [-0.15, -0.1) is 0 Å². The molecule has 0 unspecified atom stereocenters. The molecule has 24 heavy (non-hydrogen) atoms. The van der Waals surface area contributed by atoms with Crippen molar-refractivity contribution in [3.05, 3.63) is 30.1 Å². The van der Waals surface area contributed by atoms with Crippen LogP contribution < -0.4 is 10.1 Å². The highest BCUT2D eigenvalue weighted by Gasteiger charge is 2.27. The Morgan fingerprint density at radius 3 is 3.08 bits per heavy atom. The molecule has 2 amide bonds. The molecule has 2 heterocycles. The van der Waals surface area contributed by atoms with Crippen LogP contribution in [0.15, 0.2) is 24.5 Å². The van der Waals surface area contributed by atoms with Crippen molar-refractivity contribution in [2.45, 2.75) is 46.1 Å². The highest BCUT2D eigenvalue weighted by molar-refractivity contribution is 5.74. The van der Waals surface area contributed by atoms with Crippen LogP contribution in [0, 0.1) is 5.92 Å². The molecular weight excluding hydrogens is 302 g/mol. The summed E-state index contributed by atoms with van der Waals surface area (Å²) in [4.78, 5) is 17.9. The molecule has 132 valence electrons. The van der Waals surface area contributed by atoms with Gasteiger partial charge in [0.15, 0.2) is 0 Å². The van der Waals surface area contributed by atoms with E-state index < -0.39 is 0 Å². The molecule has 5 nitrogen and oxygen atoms in total. The second kappa shape index (κ2) is 9.30. The number of aromatic nitrogens is 1. The third kappa shape index (κ3) is 5.55. The highest BCUT2D eigenvalue weighted by atomic mass is 16.5. The van der Waals surface area contributed by atoms with E-state index in [1.807, 2.05) is 19.2 Å². The molecule has 1 fully saturated rings. The quantitative estimate of drug-likeness (QED) is 0.828. The van der Waals surface area contributed by atoms with Crippen LogP contribution in [-0.2, 0) is 0 Å². The van der Waals surface area contributed by atoms with Crippen LogP contribution in [0.25, 0.3) is 6.08 Å². The fourth-order valence-corrected chi connectivity index (χ4v) is 2.66. The van der Waals surface area contributed by atoms with Gasteiger partial charge in [0.05, 0.1) is 12.7 Å². The first kappa shape index (κ1) is 18.3. The van der Waals surface area contributed by atoms with Gasteiger partial charge in [-0.05, 0) is 30.9 Å². The lowest BCUT2D eigenvalue weighted by Gasteiger charge is -2.17. The number of carbonyl (C=O) groups is 1. The Hall–Kier alpha value is -2.04. The predicted octanol–water partition coefficient (Wildman–Crippen LogP) is 3.71. The summed E-state index contributed by atoms with van der Waals surface area (Å²) < 4.78 is 6.01. The number of hydrogen-bond donors (Lipinski definition) is 1. The maximum Gasteiger partial charge on any atom is 0.317 e. The summed E-state index contributed by atoms with van der Waals surface area (Å²) in [5, 5.41) is 2.83. The Balaban J connectivity index is 1.87. The molecule has 0 aromatic carbocycles. The van der Waals surface area contributed by atoms with Crippen LogP contribution >= 0.6 is 0 Å². The van der Waals surface area contributed by atoms with E-state index in [1.54, 1.807) is 11.1 Å². The van der Waals surface area contributed by atoms with E-state index in [0.717, 1.165) is 30.7 Å². The van der Waals surface area contributed by atoms with E-state index in [1.165, 1.54) is 6.42 Å². The van der Waals surface area contributed by atoms with Gasteiger partial charge in [0.2, 0.25) is 0 Å². The van der Waals surface area contributed by atoms with E-state index >= 15 is 0 Å². The maximum atomic E-state index is 11.8. The first-order valence-corrected chi connectivity index (χ1v) is 8.93. The molecule has 0 aliphatic carbocycles. The number of pyridine rings is 1. The van der Waals surface area contributed by atoms with Gasteiger partial charge < -0.3 is 15.0 Å². The van der Waals surface area contributed by atoms with Crippen molar-refractivity contribution in [3.8, 4) is 5.75 Å². The molecule has 2 rings (SSSR count). The second-order valence-corrected chi connectivity index (χ2v) is 6.42. The van der Waals surface area contributed by atoms with Gasteiger partial charge >= 0.3 is 6.03 Å². The largest absolute Gasteiger partial charge is 0.487 e. The van der Waals surface area contributed by atoms with Gasteiger partial charge in [-0.2, -0.15) is 0 Å². The average molecular weight is 331 g/mol. The summed E-state index contributed by atoms with van der Waals surface area (Å²) in [6.45, 7) is 8.39. The number of nitrogens with one attached hydrogen (secondary N) is 1. The van der Waals surface area contributed by atoms with Gasteiger partial charge in [0, 0.05) is 25.7 Å². The molecule has 1 saturated heterocycles. The van der Waals surface area contributed by atoms with Crippen molar-refractivity contribution in [1.82, 2.24) is 15.2 Å².